The van der Waals surface area contributed by atoms with E-state index in [1.165, 1.54) is 18.4 Å². The number of hydrogen-bond donors (Lipinski definition) is 0. The van der Waals surface area contributed by atoms with Crippen LogP contribution in [0.4, 0.5) is 0 Å². The Morgan fingerprint density at radius 3 is 2.19 bits per heavy atom. The number of ether oxygens (including phenoxy) is 1. The van der Waals surface area contributed by atoms with Gasteiger partial charge < -0.3 is 4.74 Å². The fourth-order valence-corrected chi connectivity index (χ4v) is 2.94. The average Bonchev–Trinajstić information content (AvgIpc) is 2.54. The van der Waals surface area contributed by atoms with Gasteiger partial charge in [-0.05, 0) is 47.8 Å². The van der Waals surface area contributed by atoms with Crippen molar-refractivity contribution in [1.29, 1.82) is 0 Å². The Labute approximate surface area is 98.8 Å². The van der Waals surface area contributed by atoms with Gasteiger partial charge in [0, 0.05) is 0 Å². The van der Waals surface area contributed by atoms with Gasteiger partial charge in [-0.3, -0.25) is 0 Å². The molecule has 1 heteroatoms. The van der Waals surface area contributed by atoms with Crippen molar-refractivity contribution in [3.05, 3.63) is 29.8 Å². The molecular weight excluding hydrogens is 196 g/mol. The molecule has 0 heterocycles. The number of rotatable bonds is 2. The summed E-state index contributed by atoms with van der Waals surface area (Å²) in [5.41, 5.74) is 1.89. The van der Waals surface area contributed by atoms with E-state index in [4.69, 9.17) is 4.74 Å². The highest BCUT2D eigenvalue weighted by molar-refractivity contribution is 5.31. The van der Waals surface area contributed by atoms with Crippen molar-refractivity contribution < 1.29 is 4.74 Å². The maximum atomic E-state index is 5.20. The van der Waals surface area contributed by atoms with E-state index in [1.807, 2.05) is 0 Å². The van der Waals surface area contributed by atoms with Gasteiger partial charge in [0.15, 0.2) is 0 Å². The van der Waals surface area contributed by atoms with Crippen LogP contribution in [0.25, 0.3) is 0 Å². The van der Waals surface area contributed by atoms with Gasteiger partial charge in [-0.15, -0.1) is 0 Å². The van der Waals surface area contributed by atoms with Gasteiger partial charge in [-0.2, -0.15) is 0 Å². The molecule has 2 atom stereocenters. The van der Waals surface area contributed by atoms with Gasteiger partial charge in [-0.25, -0.2) is 0 Å². The Kier molecular flexibility index (Phi) is 2.96. The van der Waals surface area contributed by atoms with Crippen molar-refractivity contribution in [3.63, 3.8) is 0 Å². The summed E-state index contributed by atoms with van der Waals surface area (Å²) in [6.07, 6.45) is 2.67. The first kappa shape index (κ1) is 11.5. The van der Waals surface area contributed by atoms with E-state index >= 15 is 0 Å². The Morgan fingerprint density at radius 2 is 1.75 bits per heavy atom. The molecule has 88 valence electrons. The van der Waals surface area contributed by atoms with Gasteiger partial charge in [0.05, 0.1) is 7.11 Å². The molecule has 16 heavy (non-hydrogen) atoms. The van der Waals surface area contributed by atoms with E-state index < -0.39 is 0 Å². The van der Waals surface area contributed by atoms with Crippen LogP contribution in [0.3, 0.4) is 0 Å². The third kappa shape index (κ3) is 1.83. The largest absolute Gasteiger partial charge is 0.497 e. The number of hydrogen-bond acceptors (Lipinski definition) is 1. The molecule has 0 radical (unpaired) electrons. The minimum absolute atomic E-state index is 0.425. The van der Waals surface area contributed by atoms with Crippen molar-refractivity contribution in [2.45, 2.75) is 39.5 Å². The second-order valence-corrected chi connectivity index (χ2v) is 5.63. The van der Waals surface area contributed by atoms with E-state index in [-0.39, 0.29) is 0 Å². The van der Waals surface area contributed by atoms with E-state index in [0.29, 0.717) is 11.3 Å². The van der Waals surface area contributed by atoms with Crippen LogP contribution >= 0.6 is 0 Å². The van der Waals surface area contributed by atoms with Gasteiger partial charge in [-0.1, -0.05) is 32.9 Å². The smallest absolute Gasteiger partial charge is 0.118 e. The van der Waals surface area contributed by atoms with Gasteiger partial charge >= 0.3 is 0 Å². The monoisotopic (exact) mass is 218 g/mol. The second-order valence-electron chi connectivity index (χ2n) is 5.63. The molecule has 1 aromatic carbocycles. The summed E-state index contributed by atoms with van der Waals surface area (Å²) in [5, 5.41) is 0. The lowest BCUT2D eigenvalue weighted by Gasteiger charge is -2.31. The third-order valence-corrected chi connectivity index (χ3v) is 4.57. The first-order valence-electron chi connectivity index (χ1n) is 6.19. The highest BCUT2D eigenvalue weighted by atomic mass is 16.5. The topological polar surface area (TPSA) is 9.23 Å². The number of benzene rings is 1. The summed E-state index contributed by atoms with van der Waals surface area (Å²) in [5.74, 6) is 2.47. The first-order chi connectivity index (χ1) is 7.55. The lowest BCUT2D eigenvalue weighted by atomic mass is 9.73. The molecule has 0 saturated heterocycles. The van der Waals surface area contributed by atoms with Crippen LogP contribution in [-0.2, 0) is 0 Å². The molecule has 0 amide bonds. The van der Waals surface area contributed by atoms with Crippen LogP contribution in [0, 0.1) is 11.3 Å². The van der Waals surface area contributed by atoms with Crippen molar-refractivity contribution in [1.82, 2.24) is 0 Å². The average molecular weight is 218 g/mol. The minimum atomic E-state index is 0.425. The van der Waals surface area contributed by atoms with Crippen LogP contribution in [-0.4, -0.2) is 7.11 Å². The summed E-state index contributed by atoms with van der Waals surface area (Å²) in [4.78, 5) is 0. The molecule has 1 aliphatic carbocycles. The lowest BCUT2D eigenvalue weighted by Crippen LogP contribution is -2.21. The van der Waals surface area contributed by atoms with Crippen molar-refractivity contribution in [2.24, 2.45) is 11.3 Å². The van der Waals surface area contributed by atoms with Crippen LogP contribution in [0.2, 0.25) is 0 Å². The Balaban J connectivity index is 2.24. The zero-order chi connectivity index (χ0) is 11.8. The molecule has 0 aliphatic heterocycles. The van der Waals surface area contributed by atoms with Gasteiger partial charge in [0.1, 0.15) is 5.75 Å². The maximum absolute atomic E-state index is 5.20. The molecule has 2 rings (SSSR count). The summed E-state index contributed by atoms with van der Waals surface area (Å²) < 4.78 is 5.20. The first-order valence-corrected chi connectivity index (χ1v) is 6.19. The summed E-state index contributed by atoms with van der Waals surface area (Å²) in [7, 11) is 1.72. The molecule has 0 N–H and O–H groups in total. The quantitative estimate of drug-likeness (QED) is 0.721. The molecule has 0 bridgehead atoms. The van der Waals surface area contributed by atoms with Crippen LogP contribution in [0.1, 0.15) is 45.1 Å². The molecule has 1 fully saturated rings. The molecular formula is C15H22O. The summed E-state index contributed by atoms with van der Waals surface area (Å²) >= 11 is 0. The molecule has 0 spiro atoms. The molecule has 1 saturated carbocycles. The summed E-state index contributed by atoms with van der Waals surface area (Å²) in [6, 6.07) is 8.61. The summed E-state index contributed by atoms with van der Waals surface area (Å²) in [6.45, 7) is 7.18. The van der Waals surface area contributed by atoms with Crippen molar-refractivity contribution in [2.75, 3.05) is 7.11 Å². The van der Waals surface area contributed by atoms with E-state index in [9.17, 15) is 0 Å². The molecule has 1 nitrogen and oxygen atoms in total. The molecule has 1 aliphatic rings. The predicted octanol–water partition coefficient (Wildman–Crippen LogP) is 4.23. The van der Waals surface area contributed by atoms with Crippen LogP contribution in [0.5, 0.6) is 5.75 Å². The van der Waals surface area contributed by atoms with Gasteiger partial charge in [0.2, 0.25) is 0 Å². The highest BCUT2D eigenvalue weighted by Gasteiger charge is 2.40. The lowest BCUT2D eigenvalue weighted by molar-refractivity contribution is 0.248. The Hall–Kier alpha value is -0.980. The fourth-order valence-electron chi connectivity index (χ4n) is 2.94. The standard InChI is InChI=1S/C15H22O/c1-11-5-10-14(15(11,2)3)12-6-8-13(16-4)9-7-12/h6-9,11,14H,5,10H2,1-4H3. The van der Waals surface area contributed by atoms with Crippen molar-refractivity contribution >= 4 is 0 Å². The number of methoxy groups -OCH3 is 1. The molecule has 1 aromatic rings. The zero-order valence-electron chi connectivity index (χ0n) is 10.8. The minimum Gasteiger partial charge on any atom is -0.497 e. The third-order valence-electron chi connectivity index (χ3n) is 4.57. The van der Waals surface area contributed by atoms with E-state index in [1.54, 1.807) is 7.11 Å². The predicted molar refractivity (Wildman–Crippen MR) is 67.9 cm³/mol. The fraction of sp³-hybridized carbons (Fsp3) is 0.600. The van der Waals surface area contributed by atoms with E-state index in [2.05, 4.69) is 45.0 Å². The molecule has 2 unspecified atom stereocenters. The SMILES string of the molecule is COc1ccc(C2CCC(C)C2(C)C)cc1. The van der Waals surface area contributed by atoms with Crippen molar-refractivity contribution in [3.8, 4) is 5.75 Å². The zero-order valence-corrected chi connectivity index (χ0v) is 10.8. The van der Waals surface area contributed by atoms with Gasteiger partial charge in [0.25, 0.3) is 0 Å². The Bertz CT molecular complexity index is 350. The van der Waals surface area contributed by atoms with Crippen LogP contribution < -0.4 is 4.74 Å². The normalized spacial score (nSPS) is 28.0. The Morgan fingerprint density at radius 1 is 1.12 bits per heavy atom. The highest BCUT2D eigenvalue weighted by Crippen LogP contribution is 2.52. The molecule has 0 aromatic heterocycles. The van der Waals surface area contributed by atoms with E-state index in [0.717, 1.165) is 11.7 Å². The van der Waals surface area contributed by atoms with Crippen LogP contribution in [0.15, 0.2) is 24.3 Å². The maximum Gasteiger partial charge on any atom is 0.118 e. The second kappa shape index (κ2) is 4.12.